The Kier molecular flexibility index (Phi) is 4.09. The lowest BCUT2D eigenvalue weighted by Crippen LogP contribution is -2.40. The van der Waals surface area contributed by atoms with Gasteiger partial charge in [0.25, 0.3) is 0 Å². The molecule has 7 heteroatoms. The normalized spacial score (nSPS) is 23.5. The topological polar surface area (TPSA) is 78.1 Å². The van der Waals surface area contributed by atoms with Gasteiger partial charge in [0.2, 0.25) is 5.91 Å². The van der Waals surface area contributed by atoms with Crippen molar-refractivity contribution in [2.24, 2.45) is 0 Å². The molecule has 0 bridgehead atoms. The van der Waals surface area contributed by atoms with Crippen molar-refractivity contribution in [2.75, 3.05) is 11.9 Å². The van der Waals surface area contributed by atoms with Crippen LogP contribution in [0.4, 0.5) is 5.13 Å². The van der Waals surface area contributed by atoms with Gasteiger partial charge in [0, 0.05) is 11.4 Å². The summed E-state index contributed by atoms with van der Waals surface area (Å²) in [5, 5.41) is 3.63. The van der Waals surface area contributed by atoms with Gasteiger partial charge in [-0.1, -0.05) is 30.3 Å². The Morgan fingerprint density at radius 1 is 1.30 bits per heavy atom. The maximum atomic E-state index is 12.1. The third kappa shape index (κ3) is 3.13. The summed E-state index contributed by atoms with van der Waals surface area (Å²) in [4.78, 5) is 18.0. The summed E-state index contributed by atoms with van der Waals surface area (Å²) in [5.41, 5.74) is 11.0. The van der Waals surface area contributed by atoms with Gasteiger partial charge in [-0.3, -0.25) is 4.79 Å². The van der Waals surface area contributed by atoms with E-state index in [0.29, 0.717) is 17.6 Å². The summed E-state index contributed by atoms with van der Waals surface area (Å²) < 4.78 is 0. The number of benzene rings is 1. The van der Waals surface area contributed by atoms with Crippen LogP contribution in [0.1, 0.15) is 28.5 Å². The summed E-state index contributed by atoms with van der Waals surface area (Å²) in [5.74, 6) is 0.491. The molecule has 6 nitrogen and oxygen atoms in total. The number of thiazole rings is 1. The number of carbonyl (C=O) groups excluding carboxylic acids is 1. The standard InChI is InChI=1S/C16H19N5OS/c22-15(13-9-17-21-20-13)19-16-18-12-7-6-11(8-14(12)23-16)10-4-2-1-3-5-10/h1-5,11,13,17,20-21H,6-9H2,(H,18,19,22). The van der Waals surface area contributed by atoms with E-state index in [0.717, 1.165) is 25.0 Å². The van der Waals surface area contributed by atoms with Crippen LogP contribution in [-0.2, 0) is 17.6 Å². The molecule has 0 radical (unpaired) electrons. The number of amides is 1. The molecule has 0 spiro atoms. The zero-order chi connectivity index (χ0) is 15.6. The van der Waals surface area contributed by atoms with Crippen molar-refractivity contribution in [3.05, 3.63) is 46.5 Å². The smallest absolute Gasteiger partial charge is 0.246 e. The second-order valence-corrected chi connectivity index (χ2v) is 7.01. The number of aryl methyl sites for hydroxylation is 1. The monoisotopic (exact) mass is 329 g/mol. The van der Waals surface area contributed by atoms with Crippen molar-refractivity contribution in [2.45, 2.75) is 31.2 Å². The second kappa shape index (κ2) is 6.37. The first-order valence-corrected chi connectivity index (χ1v) is 8.69. The lowest BCUT2D eigenvalue weighted by atomic mass is 9.85. The van der Waals surface area contributed by atoms with Gasteiger partial charge in [0.1, 0.15) is 6.04 Å². The fraction of sp³-hybridized carbons (Fsp3) is 0.375. The molecule has 2 aliphatic rings. The fourth-order valence-electron chi connectivity index (χ4n) is 3.13. The molecule has 0 saturated carbocycles. The largest absolute Gasteiger partial charge is 0.301 e. The van der Waals surface area contributed by atoms with E-state index in [1.54, 1.807) is 11.3 Å². The van der Waals surface area contributed by atoms with E-state index in [1.807, 2.05) is 0 Å². The maximum Gasteiger partial charge on any atom is 0.246 e. The first-order chi connectivity index (χ1) is 11.3. The van der Waals surface area contributed by atoms with E-state index in [4.69, 9.17) is 0 Å². The van der Waals surface area contributed by atoms with Gasteiger partial charge in [-0.15, -0.1) is 11.3 Å². The molecule has 1 fully saturated rings. The first kappa shape index (κ1) is 14.8. The Morgan fingerprint density at radius 2 is 2.17 bits per heavy atom. The minimum atomic E-state index is -0.270. The third-order valence-corrected chi connectivity index (χ3v) is 5.43. The van der Waals surface area contributed by atoms with Crippen molar-refractivity contribution >= 4 is 22.4 Å². The van der Waals surface area contributed by atoms with Crippen molar-refractivity contribution in [3.8, 4) is 0 Å². The van der Waals surface area contributed by atoms with Gasteiger partial charge in [0.05, 0.1) is 5.69 Å². The molecule has 1 amide bonds. The average molecular weight is 329 g/mol. The molecule has 120 valence electrons. The van der Waals surface area contributed by atoms with E-state index < -0.39 is 0 Å². The van der Waals surface area contributed by atoms with E-state index in [-0.39, 0.29) is 11.9 Å². The SMILES string of the molecule is O=C(Nc1nc2c(s1)CC(c1ccccc1)CC2)C1CNNN1. The highest BCUT2D eigenvalue weighted by Crippen LogP contribution is 2.36. The summed E-state index contributed by atoms with van der Waals surface area (Å²) in [6.07, 6.45) is 3.11. The van der Waals surface area contributed by atoms with Crippen LogP contribution in [0.5, 0.6) is 0 Å². The van der Waals surface area contributed by atoms with Gasteiger partial charge in [-0.25, -0.2) is 15.8 Å². The molecule has 2 aromatic rings. The Hall–Kier alpha value is -1.80. The van der Waals surface area contributed by atoms with Crippen LogP contribution in [-0.4, -0.2) is 23.5 Å². The molecule has 2 heterocycles. The van der Waals surface area contributed by atoms with Crippen LogP contribution in [0.15, 0.2) is 30.3 Å². The summed E-state index contributed by atoms with van der Waals surface area (Å²) in [7, 11) is 0. The van der Waals surface area contributed by atoms with Gasteiger partial charge >= 0.3 is 0 Å². The van der Waals surface area contributed by atoms with E-state index in [9.17, 15) is 4.79 Å². The molecule has 1 aromatic heterocycles. The number of hydrogen-bond acceptors (Lipinski definition) is 6. The van der Waals surface area contributed by atoms with E-state index in [2.05, 4.69) is 57.0 Å². The lowest BCUT2D eigenvalue weighted by molar-refractivity contribution is -0.117. The van der Waals surface area contributed by atoms with Crippen LogP contribution in [0.3, 0.4) is 0 Å². The highest BCUT2D eigenvalue weighted by atomic mass is 32.1. The highest BCUT2D eigenvalue weighted by Gasteiger charge is 2.26. The lowest BCUT2D eigenvalue weighted by Gasteiger charge is -2.21. The summed E-state index contributed by atoms with van der Waals surface area (Å²) in [6.45, 7) is 0.563. The third-order valence-electron chi connectivity index (χ3n) is 4.40. The average Bonchev–Trinajstić information content (AvgIpc) is 3.24. The number of nitrogens with one attached hydrogen (secondary N) is 4. The second-order valence-electron chi connectivity index (χ2n) is 5.93. The maximum absolute atomic E-state index is 12.1. The molecular weight excluding hydrogens is 310 g/mol. The minimum absolute atomic E-state index is 0.0618. The van der Waals surface area contributed by atoms with Crippen LogP contribution in [0.2, 0.25) is 0 Å². The van der Waals surface area contributed by atoms with Crippen LogP contribution in [0.25, 0.3) is 0 Å². The zero-order valence-electron chi connectivity index (χ0n) is 12.6. The Morgan fingerprint density at radius 3 is 2.96 bits per heavy atom. The van der Waals surface area contributed by atoms with Gasteiger partial charge in [0.15, 0.2) is 5.13 Å². The van der Waals surface area contributed by atoms with E-state index >= 15 is 0 Å². The summed E-state index contributed by atoms with van der Waals surface area (Å²) in [6, 6.07) is 10.4. The molecule has 4 rings (SSSR count). The minimum Gasteiger partial charge on any atom is -0.301 e. The van der Waals surface area contributed by atoms with Gasteiger partial charge < -0.3 is 5.32 Å². The quantitative estimate of drug-likeness (QED) is 0.683. The number of nitrogens with zero attached hydrogens (tertiary/aromatic N) is 1. The molecular formula is C16H19N5OS. The summed E-state index contributed by atoms with van der Waals surface area (Å²) >= 11 is 1.61. The molecule has 1 saturated heterocycles. The van der Waals surface area contributed by atoms with Crippen molar-refractivity contribution in [3.63, 3.8) is 0 Å². The Balaban J connectivity index is 1.46. The predicted octanol–water partition coefficient (Wildman–Crippen LogP) is 1.34. The molecule has 4 N–H and O–H groups in total. The number of hydrazine groups is 2. The van der Waals surface area contributed by atoms with Crippen LogP contribution in [0, 0.1) is 0 Å². The number of carbonyl (C=O) groups is 1. The van der Waals surface area contributed by atoms with Gasteiger partial charge in [-0.05, 0) is 30.7 Å². The van der Waals surface area contributed by atoms with Crippen molar-refractivity contribution in [1.82, 2.24) is 21.4 Å². The first-order valence-electron chi connectivity index (χ1n) is 7.87. The number of rotatable bonds is 3. The predicted molar refractivity (Wildman–Crippen MR) is 90.0 cm³/mol. The molecule has 1 aliphatic heterocycles. The fourth-order valence-corrected chi connectivity index (χ4v) is 4.22. The Labute approximate surface area is 138 Å². The molecule has 2 atom stereocenters. The molecule has 23 heavy (non-hydrogen) atoms. The molecule has 2 unspecified atom stereocenters. The van der Waals surface area contributed by atoms with Crippen LogP contribution < -0.4 is 21.7 Å². The van der Waals surface area contributed by atoms with Crippen molar-refractivity contribution in [1.29, 1.82) is 0 Å². The number of anilines is 1. The van der Waals surface area contributed by atoms with Crippen LogP contribution >= 0.6 is 11.3 Å². The van der Waals surface area contributed by atoms with Crippen molar-refractivity contribution < 1.29 is 4.79 Å². The molecule has 1 aromatic carbocycles. The highest BCUT2D eigenvalue weighted by molar-refractivity contribution is 7.15. The molecule has 1 aliphatic carbocycles. The van der Waals surface area contributed by atoms with Gasteiger partial charge in [-0.2, -0.15) is 5.53 Å². The van der Waals surface area contributed by atoms with E-state index in [1.165, 1.54) is 10.4 Å². The Bertz CT molecular complexity index is 696. The number of fused-ring (bicyclic) bond motifs is 1. The number of hydrogen-bond donors (Lipinski definition) is 4. The number of aromatic nitrogens is 1. The zero-order valence-corrected chi connectivity index (χ0v) is 13.5.